The normalized spacial score (nSPS) is 22.3. The van der Waals surface area contributed by atoms with E-state index in [-0.39, 0.29) is 6.04 Å². The van der Waals surface area contributed by atoms with E-state index in [1.54, 1.807) is 0 Å². The van der Waals surface area contributed by atoms with Gasteiger partial charge >= 0.3 is 0 Å². The predicted molar refractivity (Wildman–Crippen MR) is 63.8 cm³/mol. The molecule has 1 aliphatic rings. The third kappa shape index (κ3) is 1.55. The lowest BCUT2D eigenvalue weighted by molar-refractivity contribution is 0.593. The van der Waals surface area contributed by atoms with E-state index in [9.17, 15) is 0 Å². The summed E-state index contributed by atoms with van der Waals surface area (Å²) in [6.07, 6.45) is 0. The van der Waals surface area contributed by atoms with Gasteiger partial charge in [-0.3, -0.25) is 0 Å². The second-order valence-electron chi connectivity index (χ2n) is 4.05. The molecule has 0 saturated heterocycles. The molecule has 0 bridgehead atoms. The number of hydrogen-bond acceptors (Lipinski definition) is 2. The van der Waals surface area contributed by atoms with E-state index in [0.29, 0.717) is 5.92 Å². The van der Waals surface area contributed by atoms with Gasteiger partial charge in [0.05, 0.1) is 0 Å². The second kappa shape index (κ2) is 3.55. The maximum absolute atomic E-state index is 5.98. The minimum atomic E-state index is 0.216. The third-order valence-corrected chi connectivity index (χ3v) is 3.40. The Hall–Kier alpha value is -0.540. The van der Waals surface area contributed by atoms with Gasteiger partial charge in [0.25, 0.3) is 0 Å². The molecule has 2 N–H and O–H groups in total. The van der Waals surface area contributed by atoms with Gasteiger partial charge in [0.15, 0.2) is 0 Å². The van der Waals surface area contributed by atoms with Gasteiger partial charge in [0.2, 0.25) is 0 Å². The molecule has 0 aliphatic carbocycles. The van der Waals surface area contributed by atoms with Crippen molar-refractivity contribution in [3.63, 3.8) is 0 Å². The van der Waals surface area contributed by atoms with E-state index < -0.39 is 0 Å². The fourth-order valence-corrected chi connectivity index (χ4v) is 2.49. The molecule has 2 rings (SSSR count). The predicted octanol–water partition coefficient (Wildman–Crippen LogP) is 2.33. The number of anilines is 1. The largest absolute Gasteiger partial charge is 0.374 e. The van der Waals surface area contributed by atoms with Crippen LogP contribution in [0.1, 0.15) is 18.4 Å². The van der Waals surface area contributed by atoms with Crippen LogP contribution in [0.15, 0.2) is 22.7 Å². The van der Waals surface area contributed by atoms with E-state index in [1.165, 1.54) is 11.3 Å². The molecule has 76 valence electrons. The van der Waals surface area contributed by atoms with Crippen molar-refractivity contribution in [1.82, 2.24) is 0 Å². The molecule has 0 saturated carbocycles. The van der Waals surface area contributed by atoms with Gasteiger partial charge in [-0.25, -0.2) is 0 Å². The first-order chi connectivity index (χ1) is 6.59. The molecule has 3 heteroatoms. The molecule has 0 amide bonds. The zero-order valence-electron chi connectivity index (χ0n) is 8.50. The Morgan fingerprint density at radius 3 is 2.93 bits per heavy atom. The monoisotopic (exact) mass is 254 g/mol. The van der Waals surface area contributed by atoms with Gasteiger partial charge in [-0.1, -0.05) is 15.9 Å². The maximum Gasteiger partial charge on any atom is 0.0401 e. The summed E-state index contributed by atoms with van der Waals surface area (Å²) < 4.78 is 1.14. The number of likely N-dealkylation sites (N-methyl/N-ethyl adjacent to an activating group) is 1. The van der Waals surface area contributed by atoms with Crippen molar-refractivity contribution in [3.8, 4) is 0 Å². The highest BCUT2D eigenvalue weighted by Crippen LogP contribution is 2.38. The zero-order chi connectivity index (χ0) is 10.3. The van der Waals surface area contributed by atoms with Crippen LogP contribution < -0.4 is 10.6 Å². The molecular weight excluding hydrogens is 240 g/mol. The van der Waals surface area contributed by atoms with Crippen molar-refractivity contribution in [2.75, 3.05) is 18.5 Å². The lowest BCUT2D eigenvalue weighted by Gasteiger charge is -2.15. The van der Waals surface area contributed by atoms with Crippen LogP contribution in [0.3, 0.4) is 0 Å². The average molecular weight is 255 g/mol. The van der Waals surface area contributed by atoms with E-state index in [2.05, 4.69) is 53.0 Å². The van der Waals surface area contributed by atoms with Gasteiger partial charge in [0, 0.05) is 35.7 Å². The molecule has 0 radical (unpaired) electrons. The first-order valence-corrected chi connectivity index (χ1v) is 5.65. The van der Waals surface area contributed by atoms with E-state index >= 15 is 0 Å². The number of benzene rings is 1. The Balaban J connectivity index is 2.45. The first-order valence-electron chi connectivity index (χ1n) is 4.86. The third-order valence-electron chi connectivity index (χ3n) is 2.91. The molecule has 2 unspecified atom stereocenters. The van der Waals surface area contributed by atoms with Crippen LogP contribution in [0.5, 0.6) is 0 Å². The van der Waals surface area contributed by atoms with Crippen LogP contribution >= 0.6 is 15.9 Å². The number of nitrogens with zero attached hydrogens (tertiary/aromatic N) is 1. The zero-order valence-corrected chi connectivity index (χ0v) is 10.1. The fraction of sp³-hybridized carbons (Fsp3) is 0.455. The number of halogens is 1. The van der Waals surface area contributed by atoms with Crippen LogP contribution in [-0.2, 0) is 0 Å². The van der Waals surface area contributed by atoms with Gasteiger partial charge in [-0.15, -0.1) is 0 Å². The molecule has 1 aromatic carbocycles. The molecule has 1 heterocycles. The summed E-state index contributed by atoms with van der Waals surface area (Å²) in [6.45, 7) is 3.11. The maximum atomic E-state index is 5.98. The van der Waals surface area contributed by atoms with Crippen molar-refractivity contribution in [2.24, 2.45) is 5.73 Å². The smallest absolute Gasteiger partial charge is 0.0401 e. The van der Waals surface area contributed by atoms with Crippen LogP contribution in [0.4, 0.5) is 5.69 Å². The van der Waals surface area contributed by atoms with Crippen LogP contribution in [0, 0.1) is 0 Å². The summed E-state index contributed by atoms with van der Waals surface area (Å²) in [7, 11) is 2.12. The molecule has 2 nitrogen and oxygen atoms in total. The van der Waals surface area contributed by atoms with Crippen LogP contribution in [0.25, 0.3) is 0 Å². The van der Waals surface area contributed by atoms with Crippen molar-refractivity contribution >= 4 is 21.6 Å². The summed E-state index contributed by atoms with van der Waals surface area (Å²) in [5.74, 6) is 0.465. The summed E-state index contributed by atoms with van der Waals surface area (Å²) >= 11 is 3.50. The molecular formula is C11H15BrN2. The van der Waals surface area contributed by atoms with E-state index in [0.717, 1.165) is 11.0 Å². The molecule has 2 atom stereocenters. The Morgan fingerprint density at radius 1 is 1.57 bits per heavy atom. The van der Waals surface area contributed by atoms with Crippen molar-refractivity contribution in [3.05, 3.63) is 28.2 Å². The van der Waals surface area contributed by atoms with Crippen LogP contribution in [-0.4, -0.2) is 19.6 Å². The molecule has 0 fully saturated rings. The summed E-state index contributed by atoms with van der Waals surface area (Å²) in [5, 5.41) is 0. The summed E-state index contributed by atoms with van der Waals surface area (Å²) in [5.41, 5.74) is 8.67. The topological polar surface area (TPSA) is 29.3 Å². The number of fused-ring (bicyclic) bond motifs is 1. The average Bonchev–Trinajstić information content (AvgIpc) is 2.43. The van der Waals surface area contributed by atoms with E-state index in [4.69, 9.17) is 5.73 Å². The Kier molecular flexibility index (Phi) is 2.54. The van der Waals surface area contributed by atoms with E-state index in [1.807, 2.05) is 0 Å². The fourth-order valence-electron chi connectivity index (χ4n) is 2.11. The first kappa shape index (κ1) is 9.99. The quantitative estimate of drug-likeness (QED) is 0.834. The molecule has 0 aromatic heterocycles. The lowest BCUT2D eigenvalue weighted by atomic mass is 9.95. The molecule has 1 aliphatic heterocycles. The standard InChI is InChI=1S/C11H15BrN2/c1-7(13)10-6-14(2)11-4-3-8(12)5-9(10)11/h3-5,7,10H,6,13H2,1-2H3. The van der Waals surface area contributed by atoms with Gasteiger partial charge < -0.3 is 10.6 Å². The second-order valence-corrected chi connectivity index (χ2v) is 4.96. The summed E-state index contributed by atoms with van der Waals surface area (Å²) in [4.78, 5) is 2.27. The van der Waals surface area contributed by atoms with Crippen molar-refractivity contribution < 1.29 is 0 Å². The molecule has 1 aromatic rings. The van der Waals surface area contributed by atoms with Gasteiger partial charge in [-0.2, -0.15) is 0 Å². The molecule has 14 heavy (non-hydrogen) atoms. The Labute approximate surface area is 93.2 Å². The van der Waals surface area contributed by atoms with Crippen molar-refractivity contribution in [1.29, 1.82) is 0 Å². The minimum absolute atomic E-state index is 0.216. The molecule has 0 spiro atoms. The highest BCUT2D eigenvalue weighted by Gasteiger charge is 2.28. The Bertz CT molecular complexity index is 349. The van der Waals surface area contributed by atoms with Gasteiger partial charge in [0.1, 0.15) is 0 Å². The summed E-state index contributed by atoms with van der Waals surface area (Å²) in [6, 6.07) is 6.64. The minimum Gasteiger partial charge on any atom is -0.374 e. The van der Waals surface area contributed by atoms with Crippen LogP contribution in [0.2, 0.25) is 0 Å². The lowest BCUT2D eigenvalue weighted by Crippen LogP contribution is -2.28. The number of nitrogens with two attached hydrogens (primary N) is 1. The number of hydrogen-bond donors (Lipinski definition) is 1. The highest BCUT2D eigenvalue weighted by molar-refractivity contribution is 9.10. The van der Waals surface area contributed by atoms with Crippen molar-refractivity contribution in [2.45, 2.75) is 18.9 Å². The number of rotatable bonds is 1. The van der Waals surface area contributed by atoms with Gasteiger partial charge in [-0.05, 0) is 30.7 Å². The SMILES string of the molecule is CC(N)C1CN(C)c2ccc(Br)cc21. The highest BCUT2D eigenvalue weighted by atomic mass is 79.9. The Morgan fingerprint density at radius 2 is 2.29 bits per heavy atom.